The van der Waals surface area contributed by atoms with Crippen LogP contribution in [-0.4, -0.2) is 23.9 Å². The molecule has 0 aromatic heterocycles. The Kier molecular flexibility index (Phi) is 4.42. The highest BCUT2D eigenvalue weighted by molar-refractivity contribution is 9.10. The number of hydrogen-bond acceptors (Lipinski definition) is 4. The first-order valence-electron chi connectivity index (χ1n) is 9.68. The minimum absolute atomic E-state index is 0.0186. The lowest BCUT2D eigenvalue weighted by atomic mass is 9.79. The second-order valence-corrected chi connectivity index (χ2v) is 8.87. The highest BCUT2D eigenvalue weighted by Gasteiger charge is 2.63. The van der Waals surface area contributed by atoms with Crippen LogP contribution in [0, 0.1) is 23.7 Å². The smallest absolute Gasteiger partial charge is 0.310 e. The lowest BCUT2D eigenvalue weighted by Crippen LogP contribution is -2.35. The van der Waals surface area contributed by atoms with Gasteiger partial charge in [-0.2, -0.15) is 0 Å². The number of anilines is 2. The number of hydrogen-bond donors (Lipinski definition) is 2. The molecule has 2 bridgehead atoms. The molecule has 2 aliphatic carbocycles. The number of carbonyl (C=O) groups excluding carboxylic acids is 3. The van der Waals surface area contributed by atoms with Crippen molar-refractivity contribution >= 4 is 45.1 Å². The van der Waals surface area contributed by atoms with Crippen LogP contribution in [0.3, 0.4) is 0 Å². The first-order valence-corrected chi connectivity index (χ1v) is 10.5. The molecule has 0 spiro atoms. The summed E-state index contributed by atoms with van der Waals surface area (Å²) in [5.41, 5.74) is 1.81. The zero-order valence-electron chi connectivity index (χ0n) is 15.4. The molecule has 0 unspecified atom stereocenters. The van der Waals surface area contributed by atoms with Crippen molar-refractivity contribution < 1.29 is 19.1 Å². The number of benzene rings is 2. The van der Waals surface area contributed by atoms with Crippen LogP contribution in [0.15, 0.2) is 53.0 Å². The summed E-state index contributed by atoms with van der Waals surface area (Å²) in [5.74, 6) is -0.767. The fourth-order valence-corrected chi connectivity index (χ4v) is 5.29. The van der Waals surface area contributed by atoms with Crippen molar-refractivity contribution in [2.75, 3.05) is 10.6 Å². The molecule has 148 valence electrons. The van der Waals surface area contributed by atoms with Gasteiger partial charge in [0.15, 0.2) is 0 Å². The predicted molar refractivity (Wildman–Crippen MR) is 110 cm³/mol. The fourth-order valence-electron chi connectivity index (χ4n) is 5.03. The SMILES string of the molecule is O=C(Nc1ccc(Br)cc1)c1ccc(NC(=O)[C@@H]2[C@@H]3C[C@@H]4[C@H]2C(=O)O[C@@H]4C3)cc1. The van der Waals surface area contributed by atoms with Crippen LogP contribution in [0.25, 0.3) is 0 Å². The van der Waals surface area contributed by atoms with E-state index in [-0.39, 0.29) is 47.6 Å². The van der Waals surface area contributed by atoms with Gasteiger partial charge in [0, 0.05) is 27.3 Å². The van der Waals surface area contributed by atoms with Gasteiger partial charge in [0.05, 0.1) is 11.8 Å². The van der Waals surface area contributed by atoms with Crippen molar-refractivity contribution in [1.82, 2.24) is 0 Å². The monoisotopic (exact) mass is 454 g/mol. The molecule has 3 aliphatic rings. The van der Waals surface area contributed by atoms with Crippen LogP contribution in [0.5, 0.6) is 0 Å². The summed E-state index contributed by atoms with van der Waals surface area (Å²) in [5, 5.41) is 5.74. The average molecular weight is 455 g/mol. The summed E-state index contributed by atoms with van der Waals surface area (Å²) < 4.78 is 6.34. The lowest BCUT2D eigenvalue weighted by Gasteiger charge is -2.23. The van der Waals surface area contributed by atoms with Crippen molar-refractivity contribution in [3.63, 3.8) is 0 Å². The molecule has 2 N–H and O–H groups in total. The van der Waals surface area contributed by atoms with Gasteiger partial charge in [0.1, 0.15) is 6.10 Å². The number of esters is 1. The molecular weight excluding hydrogens is 436 g/mol. The number of fused-ring (bicyclic) bond motifs is 1. The molecule has 6 nitrogen and oxygen atoms in total. The molecule has 7 heteroatoms. The Balaban J connectivity index is 1.24. The first-order chi connectivity index (χ1) is 14.0. The van der Waals surface area contributed by atoms with E-state index in [4.69, 9.17) is 4.74 Å². The number of ether oxygens (including phenoxy) is 1. The van der Waals surface area contributed by atoms with Gasteiger partial charge >= 0.3 is 5.97 Å². The van der Waals surface area contributed by atoms with E-state index in [1.54, 1.807) is 24.3 Å². The Hall–Kier alpha value is -2.67. The second-order valence-electron chi connectivity index (χ2n) is 7.95. The Morgan fingerprint density at radius 3 is 2.31 bits per heavy atom. The molecule has 1 heterocycles. The van der Waals surface area contributed by atoms with Gasteiger partial charge in [-0.1, -0.05) is 15.9 Å². The summed E-state index contributed by atoms with van der Waals surface area (Å²) in [6.45, 7) is 0. The van der Waals surface area contributed by atoms with E-state index < -0.39 is 0 Å². The zero-order valence-corrected chi connectivity index (χ0v) is 17.0. The van der Waals surface area contributed by atoms with Gasteiger partial charge in [0.25, 0.3) is 5.91 Å². The molecule has 1 aliphatic heterocycles. The number of amides is 2. The molecule has 0 radical (unpaired) electrons. The molecule has 3 fully saturated rings. The van der Waals surface area contributed by atoms with E-state index in [0.29, 0.717) is 16.9 Å². The van der Waals surface area contributed by atoms with Gasteiger partial charge in [0.2, 0.25) is 5.91 Å². The summed E-state index contributed by atoms with van der Waals surface area (Å²) >= 11 is 3.36. The van der Waals surface area contributed by atoms with Crippen molar-refractivity contribution in [2.24, 2.45) is 23.7 Å². The highest BCUT2D eigenvalue weighted by atomic mass is 79.9. The van der Waals surface area contributed by atoms with Crippen LogP contribution in [0.4, 0.5) is 11.4 Å². The summed E-state index contributed by atoms with van der Waals surface area (Å²) in [4.78, 5) is 37.3. The number of nitrogens with one attached hydrogen (secondary N) is 2. The quantitative estimate of drug-likeness (QED) is 0.687. The van der Waals surface area contributed by atoms with E-state index in [9.17, 15) is 14.4 Å². The van der Waals surface area contributed by atoms with E-state index in [1.165, 1.54) is 0 Å². The minimum Gasteiger partial charge on any atom is -0.462 e. The van der Waals surface area contributed by atoms with Crippen LogP contribution in [-0.2, 0) is 14.3 Å². The third-order valence-electron chi connectivity index (χ3n) is 6.30. The standard InChI is InChI=1S/C22H19BrN2O4/c23-13-3-7-15(8-4-13)24-20(26)11-1-5-14(6-2-11)25-21(27)18-12-9-16-17(10-12)29-22(28)19(16)18/h1-8,12,16-19H,9-10H2,(H,24,26)(H,25,27)/t12-,16+,17-,18-,19-/m1/s1. The molecule has 2 aromatic carbocycles. The maximum atomic E-state index is 12.8. The lowest BCUT2D eigenvalue weighted by molar-refractivity contribution is -0.145. The van der Waals surface area contributed by atoms with E-state index >= 15 is 0 Å². The van der Waals surface area contributed by atoms with Gasteiger partial charge in [-0.25, -0.2) is 0 Å². The van der Waals surface area contributed by atoms with Crippen molar-refractivity contribution in [3.05, 3.63) is 58.6 Å². The molecule has 2 saturated carbocycles. The molecule has 2 amide bonds. The van der Waals surface area contributed by atoms with Crippen molar-refractivity contribution in [1.29, 1.82) is 0 Å². The Morgan fingerprint density at radius 1 is 0.931 bits per heavy atom. The van der Waals surface area contributed by atoms with Crippen molar-refractivity contribution in [2.45, 2.75) is 18.9 Å². The summed E-state index contributed by atoms with van der Waals surface area (Å²) in [7, 11) is 0. The minimum atomic E-state index is -0.313. The number of carbonyl (C=O) groups is 3. The topological polar surface area (TPSA) is 84.5 Å². The normalized spacial score (nSPS) is 28.9. The van der Waals surface area contributed by atoms with Crippen molar-refractivity contribution in [3.8, 4) is 0 Å². The largest absolute Gasteiger partial charge is 0.462 e. The number of halogens is 1. The molecular formula is C22H19BrN2O4. The Labute approximate surface area is 176 Å². The van der Waals surface area contributed by atoms with Gasteiger partial charge < -0.3 is 15.4 Å². The fraction of sp³-hybridized carbons (Fsp3) is 0.318. The average Bonchev–Trinajstić information content (AvgIpc) is 3.33. The molecule has 29 heavy (non-hydrogen) atoms. The molecule has 1 saturated heterocycles. The maximum Gasteiger partial charge on any atom is 0.310 e. The van der Waals surface area contributed by atoms with Crippen LogP contribution >= 0.6 is 15.9 Å². The zero-order chi connectivity index (χ0) is 20.1. The number of rotatable bonds is 4. The third kappa shape index (κ3) is 3.23. The van der Waals surface area contributed by atoms with E-state index in [2.05, 4.69) is 26.6 Å². The second kappa shape index (κ2) is 6.99. The predicted octanol–water partition coefficient (Wildman–Crippen LogP) is 3.84. The molecule has 5 rings (SSSR count). The summed E-state index contributed by atoms with van der Waals surface area (Å²) in [6.07, 6.45) is 1.71. The highest BCUT2D eigenvalue weighted by Crippen LogP contribution is 2.57. The Bertz CT molecular complexity index is 987. The summed E-state index contributed by atoms with van der Waals surface area (Å²) in [6, 6.07) is 14.1. The first kappa shape index (κ1) is 18.4. The van der Waals surface area contributed by atoms with Gasteiger partial charge in [-0.05, 0) is 67.3 Å². The van der Waals surface area contributed by atoms with Gasteiger partial charge in [-0.3, -0.25) is 14.4 Å². The van der Waals surface area contributed by atoms with Crippen LogP contribution < -0.4 is 10.6 Å². The van der Waals surface area contributed by atoms with Crippen LogP contribution in [0.1, 0.15) is 23.2 Å². The maximum absolute atomic E-state index is 12.8. The van der Waals surface area contributed by atoms with Gasteiger partial charge in [-0.15, -0.1) is 0 Å². The van der Waals surface area contributed by atoms with Crippen LogP contribution in [0.2, 0.25) is 0 Å². The van der Waals surface area contributed by atoms with E-state index in [1.807, 2.05) is 24.3 Å². The third-order valence-corrected chi connectivity index (χ3v) is 6.83. The van der Waals surface area contributed by atoms with E-state index in [0.717, 1.165) is 17.3 Å². The molecule has 2 aromatic rings. The Morgan fingerprint density at radius 2 is 1.59 bits per heavy atom. The molecule has 5 atom stereocenters.